The first-order valence-corrected chi connectivity index (χ1v) is 11.2. The Kier molecular flexibility index (Phi) is 6.64. The Bertz CT molecular complexity index is 797. The number of nitrogens with zero attached hydrogens (tertiary/aromatic N) is 2. The lowest BCUT2D eigenvalue weighted by molar-refractivity contribution is -0.136. The van der Waals surface area contributed by atoms with Crippen LogP contribution in [0.2, 0.25) is 0 Å². The highest BCUT2D eigenvalue weighted by Crippen LogP contribution is 2.56. The third-order valence-corrected chi connectivity index (χ3v) is 8.03. The van der Waals surface area contributed by atoms with E-state index in [2.05, 4.69) is 48.2 Å². The summed E-state index contributed by atoms with van der Waals surface area (Å²) in [6, 6.07) is 0. The Morgan fingerprint density at radius 2 is 1.96 bits per heavy atom. The van der Waals surface area contributed by atoms with Crippen LogP contribution >= 0.6 is 11.5 Å². The van der Waals surface area contributed by atoms with Gasteiger partial charge in [0.1, 0.15) is 4.67 Å². The van der Waals surface area contributed by atoms with Gasteiger partial charge in [-0.25, -0.2) is 4.99 Å². The lowest BCUT2D eigenvalue weighted by Gasteiger charge is -2.38. The highest BCUT2D eigenvalue weighted by Gasteiger charge is 2.57. The van der Waals surface area contributed by atoms with Gasteiger partial charge in [0.05, 0.1) is 5.41 Å². The number of nitrogens with one attached hydrogen (secondary N) is 1. The van der Waals surface area contributed by atoms with Crippen LogP contribution in [0.3, 0.4) is 0 Å². The molecule has 6 heteroatoms. The van der Waals surface area contributed by atoms with Gasteiger partial charge in [0.25, 0.3) is 5.91 Å². The van der Waals surface area contributed by atoms with Crippen LogP contribution in [-0.2, 0) is 21.5 Å². The van der Waals surface area contributed by atoms with E-state index in [9.17, 15) is 9.59 Å². The Morgan fingerprint density at radius 1 is 1.32 bits per heavy atom. The molecule has 1 heterocycles. The molecule has 158 valence electrons. The molecule has 2 amide bonds. The molecule has 1 saturated carbocycles. The molecule has 0 unspecified atom stereocenters. The Balaban J connectivity index is 2.45. The molecular weight excluding hydrogens is 370 g/mol. The van der Waals surface area contributed by atoms with E-state index < -0.39 is 10.8 Å². The first-order valence-electron chi connectivity index (χ1n) is 10.4. The molecule has 1 N–H and O–H groups in total. The second kappa shape index (κ2) is 8.13. The fraction of sp³-hybridized carbons (Fsp3) is 0.773. The van der Waals surface area contributed by atoms with E-state index in [-0.39, 0.29) is 23.3 Å². The van der Waals surface area contributed by atoms with Crippen molar-refractivity contribution in [2.75, 3.05) is 7.05 Å². The van der Waals surface area contributed by atoms with Crippen molar-refractivity contribution < 1.29 is 9.59 Å². The van der Waals surface area contributed by atoms with Crippen molar-refractivity contribution >= 4 is 23.3 Å². The smallest absolute Gasteiger partial charge is 0.253 e. The molecule has 0 radical (unpaired) electrons. The highest BCUT2D eigenvalue weighted by atomic mass is 32.1. The maximum absolute atomic E-state index is 13.4. The molecule has 1 fully saturated rings. The summed E-state index contributed by atoms with van der Waals surface area (Å²) in [5, 5.41) is 2.76. The van der Waals surface area contributed by atoms with Gasteiger partial charge in [0.15, 0.2) is 0 Å². The molecule has 5 nitrogen and oxygen atoms in total. The summed E-state index contributed by atoms with van der Waals surface area (Å²) < 4.78 is 3.02. The Morgan fingerprint density at radius 3 is 2.50 bits per heavy atom. The van der Waals surface area contributed by atoms with Gasteiger partial charge in [-0.3, -0.25) is 13.5 Å². The zero-order chi connectivity index (χ0) is 21.3. The molecule has 28 heavy (non-hydrogen) atoms. The van der Waals surface area contributed by atoms with Crippen molar-refractivity contribution in [1.82, 2.24) is 9.27 Å². The molecule has 0 spiro atoms. The number of carbonyl (C=O) groups is 2. The first kappa shape index (κ1) is 22.9. The molecule has 1 aromatic heterocycles. The second-order valence-corrected chi connectivity index (χ2v) is 10.8. The fourth-order valence-electron chi connectivity index (χ4n) is 4.07. The summed E-state index contributed by atoms with van der Waals surface area (Å²) in [5.74, 6) is -0.236. The summed E-state index contributed by atoms with van der Waals surface area (Å²) >= 11 is 1.56. The minimum atomic E-state index is -0.636. The zero-order valence-corrected chi connectivity index (χ0v) is 19.6. The van der Waals surface area contributed by atoms with Gasteiger partial charge in [-0.2, -0.15) is 0 Å². The number of amides is 2. The molecule has 0 aromatic carbocycles. The molecule has 1 aliphatic rings. The molecule has 2 rings (SSSR count). The summed E-state index contributed by atoms with van der Waals surface area (Å²) in [6.07, 6.45) is 6.69. The van der Waals surface area contributed by atoms with E-state index in [0.717, 1.165) is 35.9 Å². The van der Waals surface area contributed by atoms with Crippen LogP contribution in [-0.4, -0.2) is 22.8 Å². The average molecular weight is 408 g/mol. The first-order chi connectivity index (χ1) is 12.9. The van der Waals surface area contributed by atoms with E-state index in [1.54, 1.807) is 18.6 Å². The van der Waals surface area contributed by atoms with Crippen LogP contribution in [0.5, 0.6) is 0 Å². The van der Waals surface area contributed by atoms with Crippen LogP contribution in [0.1, 0.15) is 79.7 Å². The number of carbonyl (C=O) groups excluding carboxylic acids is 2. The second-order valence-electron chi connectivity index (χ2n) is 9.83. The molecule has 0 saturated heterocycles. The van der Waals surface area contributed by atoms with Crippen LogP contribution in [0, 0.1) is 16.7 Å². The third kappa shape index (κ3) is 4.12. The SMILES string of the molecule is CCCCc1cn(C(C)(C)C)sc1=NC(=O)[C@@]1(C)CC[C@@H](C(=O)NC)C1(C)C. The average Bonchev–Trinajstić information content (AvgIpc) is 3.12. The number of hydrogen-bond donors (Lipinski definition) is 1. The Hall–Kier alpha value is -1.43. The zero-order valence-electron chi connectivity index (χ0n) is 18.8. The van der Waals surface area contributed by atoms with Gasteiger partial charge in [-0.05, 0) is 63.4 Å². The monoisotopic (exact) mass is 407 g/mol. The minimum absolute atomic E-state index is 0.0202. The van der Waals surface area contributed by atoms with Gasteiger partial charge in [-0.1, -0.05) is 34.1 Å². The maximum atomic E-state index is 13.4. The summed E-state index contributed by atoms with van der Waals surface area (Å²) in [4.78, 5) is 30.4. The van der Waals surface area contributed by atoms with Crippen LogP contribution in [0.4, 0.5) is 0 Å². The summed E-state index contributed by atoms with van der Waals surface area (Å²) in [7, 11) is 1.66. The van der Waals surface area contributed by atoms with E-state index in [1.807, 2.05) is 20.8 Å². The predicted octanol–water partition coefficient (Wildman–Crippen LogP) is 4.26. The van der Waals surface area contributed by atoms with E-state index >= 15 is 0 Å². The van der Waals surface area contributed by atoms with Gasteiger partial charge in [-0.15, -0.1) is 0 Å². The van der Waals surface area contributed by atoms with E-state index in [1.165, 1.54) is 0 Å². The summed E-state index contributed by atoms with van der Waals surface area (Å²) in [6.45, 7) is 14.7. The number of aryl methyl sites for hydroxylation is 1. The van der Waals surface area contributed by atoms with Crippen molar-refractivity contribution in [3.63, 3.8) is 0 Å². The lowest BCUT2D eigenvalue weighted by atomic mass is 9.65. The van der Waals surface area contributed by atoms with Gasteiger partial charge in [0.2, 0.25) is 5.91 Å². The van der Waals surface area contributed by atoms with Gasteiger partial charge >= 0.3 is 0 Å². The van der Waals surface area contributed by atoms with Crippen molar-refractivity contribution in [2.24, 2.45) is 21.7 Å². The quantitative estimate of drug-likeness (QED) is 0.792. The van der Waals surface area contributed by atoms with Crippen molar-refractivity contribution in [1.29, 1.82) is 0 Å². The van der Waals surface area contributed by atoms with Crippen molar-refractivity contribution in [3.8, 4) is 0 Å². The van der Waals surface area contributed by atoms with Gasteiger partial charge < -0.3 is 5.32 Å². The normalized spacial score (nSPS) is 25.1. The maximum Gasteiger partial charge on any atom is 0.253 e. The standard InChI is InChI=1S/C22H37N3O2S/c1-9-10-11-15-14-25(20(2,3)4)28-18(15)24-19(27)22(7)13-12-16(17(26)23-8)21(22,5)6/h14,16H,9-13H2,1-8H3,(H,23,26)/t16-,22+/m0/s1. The summed E-state index contributed by atoms with van der Waals surface area (Å²) in [5.41, 5.74) is 0.0398. The molecular formula is C22H37N3O2S. The van der Waals surface area contributed by atoms with Gasteiger partial charge in [0, 0.05) is 30.3 Å². The fourth-order valence-corrected chi connectivity index (χ4v) is 5.10. The molecule has 1 aromatic rings. The molecule has 0 bridgehead atoms. The number of rotatable bonds is 5. The van der Waals surface area contributed by atoms with Crippen LogP contribution < -0.4 is 9.99 Å². The van der Waals surface area contributed by atoms with Crippen molar-refractivity contribution in [3.05, 3.63) is 16.4 Å². The predicted molar refractivity (Wildman–Crippen MR) is 115 cm³/mol. The number of hydrogen-bond acceptors (Lipinski definition) is 3. The molecule has 1 aliphatic carbocycles. The van der Waals surface area contributed by atoms with E-state index in [4.69, 9.17) is 0 Å². The van der Waals surface area contributed by atoms with Crippen LogP contribution in [0.25, 0.3) is 0 Å². The Labute approximate surface area is 173 Å². The molecule has 2 atom stereocenters. The highest BCUT2D eigenvalue weighted by molar-refractivity contribution is 7.04. The van der Waals surface area contributed by atoms with E-state index in [0.29, 0.717) is 6.42 Å². The topological polar surface area (TPSA) is 63.5 Å². The largest absolute Gasteiger partial charge is 0.359 e. The minimum Gasteiger partial charge on any atom is -0.359 e. The van der Waals surface area contributed by atoms with Crippen LogP contribution in [0.15, 0.2) is 11.2 Å². The van der Waals surface area contributed by atoms with Crippen molar-refractivity contribution in [2.45, 2.75) is 86.1 Å². The number of unbranched alkanes of at least 4 members (excludes halogenated alkanes) is 1. The number of aromatic nitrogens is 1. The lowest BCUT2D eigenvalue weighted by Crippen LogP contribution is -2.44. The third-order valence-electron chi connectivity index (χ3n) is 6.66. The molecule has 0 aliphatic heterocycles.